The lowest BCUT2D eigenvalue weighted by atomic mass is 10.1. The maximum atomic E-state index is 15.3. The molecule has 1 aliphatic heterocycles. The molecule has 33 heavy (non-hydrogen) atoms. The van der Waals surface area contributed by atoms with Gasteiger partial charge in [0, 0.05) is 67.8 Å². The van der Waals surface area contributed by atoms with E-state index in [1.807, 2.05) is 24.0 Å². The van der Waals surface area contributed by atoms with Crippen molar-refractivity contribution in [1.82, 2.24) is 19.9 Å². The van der Waals surface area contributed by atoms with Crippen molar-refractivity contribution >= 4 is 11.5 Å². The third-order valence-electron chi connectivity index (χ3n) is 5.70. The fourth-order valence-corrected chi connectivity index (χ4v) is 4.04. The lowest BCUT2D eigenvalue weighted by Gasteiger charge is -2.30. The Morgan fingerprint density at radius 3 is 2.73 bits per heavy atom. The molecule has 0 saturated heterocycles. The van der Waals surface area contributed by atoms with Crippen molar-refractivity contribution in [3.8, 4) is 11.3 Å². The van der Waals surface area contributed by atoms with Crippen LogP contribution in [0.5, 0.6) is 0 Å². The van der Waals surface area contributed by atoms with Crippen molar-refractivity contribution in [2.24, 2.45) is 0 Å². The highest BCUT2D eigenvalue weighted by Gasteiger charge is 2.21. The summed E-state index contributed by atoms with van der Waals surface area (Å²) in [6, 6.07) is 10.5. The van der Waals surface area contributed by atoms with Gasteiger partial charge in [0.25, 0.3) is 0 Å². The molecule has 4 aromatic heterocycles. The Balaban J connectivity index is 1.31. The molecule has 0 amide bonds. The Labute approximate surface area is 190 Å². The van der Waals surface area contributed by atoms with E-state index in [1.54, 1.807) is 43.0 Å². The van der Waals surface area contributed by atoms with Crippen LogP contribution in [0.3, 0.4) is 0 Å². The first-order valence-corrected chi connectivity index (χ1v) is 10.7. The molecule has 0 unspecified atom stereocenters. The van der Waals surface area contributed by atoms with Gasteiger partial charge in [0.2, 0.25) is 0 Å². The normalized spacial score (nSPS) is 13.0. The zero-order valence-electron chi connectivity index (χ0n) is 18.1. The molecule has 0 saturated carbocycles. The van der Waals surface area contributed by atoms with Crippen LogP contribution >= 0.6 is 0 Å². The minimum atomic E-state index is -0.442. The molecule has 5 rings (SSSR count). The molecule has 0 spiro atoms. The molecule has 0 bridgehead atoms. The zero-order chi connectivity index (χ0) is 22.8. The first kappa shape index (κ1) is 20.9. The number of hydrogen-bond acceptors (Lipinski definition) is 6. The smallest absolute Gasteiger partial charge is 0.188 e. The predicted octanol–water partition coefficient (Wildman–Crippen LogP) is 4.70. The van der Waals surface area contributed by atoms with Gasteiger partial charge in [0.1, 0.15) is 11.5 Å². The fraction of sp³-hybridized carbons (Fsp3) is 0.200. The molecular formula is C25H22F2N6. The first-order chi connectivity index (χ1) is 16.1. The van der Waals surface area contributed by atoms with Crippen LogP contribution in [0.1, 0.15) is 22.5 Å². The molecule has 166 valence electrons. The molecule has 4 aromatic rings. The highest BCUT2D eigenvalue weighted by atomic mass is 19.1. The van der Waals surface area contributed by atoms with Gasteiger partial charge in [-0.15, -0.1) is 0 Å². The molecule has 5 heterocycles. The number of halogens is 2. The third kappa shape index (κ3) is 4.37. The molecule has 0 aromatic carbocycles. The Bertz CT molecular complexity index is 1310. The summed E-state index contributed by atoms with van der Waals surface area (Å²) in [4.78, 5) is 18.9. The van der Waals surface area contributed by atoms with Gasteiger partial charge in [0.15, 0.2) is 11.6 Å². The molecule has 0 aliphatic carbocycles. The van der Waals surface area contributed by atoms with Crippen LogP contribution in [0.25, 0.3) is 11.3 Å². The summed E-state index contributed by atoms with van der Waals surface area (Å²) in [5.41, 5.74) is 4.94. The van der Waals surface area contributed by atoms with E-state index in [-0.39, 0.29) is 18.1 Å². The number of nitrogens with zero attached hydrogens (tertiary/aromatic N) is 5. The van der Waals surface area contributed by atoms with Gasteiger partial charge in [-0.1, -0.05) is 6.07 Å². The van der Waals surface area contributed by atoms with E-state index in [0.717, 1.165) is 23.4 Å². The zero-order valence-corrected chi connectivity index (χ0v) is 18.1. The lowest BCUT2D eigenvalue weighted by molar-refractivity contribution is 0.605. The van der Waals surface area contributed by atoms with Crippen LogP contribution in [-0.4, -0.2) is 26.5 Å². The average Bonchev–Trinajstić information content (AvgIpc) is 2.83. The van der Waals surface area contributed by atoms with Gasteiger partial charge in [-0.2, -0.15) is 0 Å². The predicted molar refractivity (Wildman–Crippen MR) is 123 cm³/mol. The third-order valence-corrected chi connectivity index (χ3v) is 5.70. The summed E-state index contributed by atoms with van der Waals surface area (Å²) in [6.45, 7) is 3.30. The van der Waals surface area contributed by atoms with Crippen molar-refractivity contribution in [3.63, 3.8) is 0 Å². The minimum Gasteiger partial charge on any atom is -0.364 e. The molecule has 8 heteroatoms. The van der Waals surface area contributed by atoms with Crippen LogP contribution < -0.4 is 10.2 Å². The van der Waals surface area contributed by atoms with E-state index < -0.39 is 11.6 Å². The Kier molecular flexibility index (Phi) is 5.64. The molecule has 1 aliphatic rings. The monoisotopic (exact) mass is 444 g/mol. The number of aromatic nitrogens is 4. The molecule has 0 atom stereocenters. The summed E-state index contributed by atoms with van der Waals surface area (Å²) in [5.74, 6) is -0.747. The Morgan fingerprint density at radius 2 is 1.88 bits per heavy atom. The number of anilines is 2. The summed E-state index contributed by atoms with van der Waals surface area (Å²) < 4.78 is 29.9. The van der Waals surface area contributed by atoms with Crippen LogP contribution in [0.2, 0.25) is 0 Å². The molecule has 0 radical (unpaired) electrons. The van der Waals surface area contributed by atoms with Gasteiger partial charge < -0.3 is 10.2 Å². The first-order valence-electron chi connectivity index (χ1n) is 10.7. The van der Waals surface area contributed by atoms with Crippen LogP contribution in [0.15, 0.2) is 61.2 Å². The maximum Gasteiger partial charge on any atom is 0.188 e. The average molecular weight is 444 g/mol. The van der Waals surface area contributed by atoms with Crippen molar-refractivity contribution in [2.75, 3.05) is 16.8 Å². The summed E-state index contributed by atoms with van der Waals surface area (Å²) in [6.07, 6.45) is 7.33. The van der Waals surface area contributed by atoms with Gasteiger partial charge in [-0.25, -0.2) is 13.8 Å². The highest BCUT2D eigenvalue weighted by molar-refractivity contribution is 5.60. The van der Waals surface area contributed by atoms with E-state index in [9.17, 15) is 4.39 Å². The van der Waals surface area contributed by atoms with Crippen molar-refractivity contribution in [3.05, 3.63) is 95.3 Å². The number of rotatable bonds is 5. The summed E-state index contributed by atoms with van der Waals surface area (Å²) >= 11 is 0. The summed E-state index contributed by atoms with van der Waals surface area (Å²) in [5, 5.41) is 2.98. The second-order valence-corrected chi connectivity index (χ2v) is 7.99. The second kappa shape index (κ2) is 8.90. The second-order valence-electron chi connectivity index (χ2n) is 7.99. The SMILES string of the molecule is Cc1cc(-c2ncc(CNc3nccc(N4CCc5ncccc5C4)c3F)cc2F)ccn1. The molecular weight excluding hydrogens is 422 g/mol. The summed E-state index contributed by atoms with van der Waals surface area (Å²) in [7, 11) is 0. The number of fused-ring (bicyclic) bond motifs is 1. The maximum absolute atomic E-state index is 15.3. The molecule has 0 fully saturated rings. The van der Waals surface area contributed by atoms with E-state index in [0.29, 0.717) is 29.9 Å². The van der Waals surface area contributed by atoms with E-state index in [4.69, 9.17) is 0 Å². The number of pyridine rings is 4. The van der Waals surface area contributed by atoms with Crippen molar-refractivity contribution in [1.29, 1.82) is 0 Å². The standard InChI is InChI=1S/C25H22F2N6/c1-16-11-18(4-8-28-16)24-20(26)12-17(13-31-24)14-32-25-23(27)22(5-9-30-25)33-10-6-21-19(15-33)3-2-7-29-21/h2-5,7-9,11-13H,6,10,14-15H2,1H3,(H,30,32). The van der Waals surface area contributed by atoms with Crippen LogP contribution in [0, 0.1) is 18.6 Å². The van der Waals surface area contributed by atoms with Gasteiger partial charge in [-0.05, 0) is 48.4 Å². The van der Waals surface area contributed by atoms with E-state index in [1.165, 1.54) is 6.07 Å². The quantitative estimate of drug-likeness (QED) is 0.482. The highest BCUT2D eigenvalue weighted by Crippen LogP contribution is 2.29. The molecule has 1 N–H and O–H groups in total. The lowest BCUT2D eigenvalue weighted by Crippen LogP contribution is -2.31. The van der Waals surface area contributed by atoms with Crippen molar-refractivity contribution in [2.45, 2.75) is 26.4 Å². The fourth-order valence-electron chi connectivity index (χ4n) is 4.04. The Morgan fingerprint density at radius 1 is 1.00 bits per heavy atom. The van der Waals surface area contributed by atoms with Gasteiger partial charge in [0.05, 0.1) is 5.69 Å². The minimum absolute atomic E-state index is 0.124. The number of hydrogen-bond donors (Lipinski definition) is 1. The topological polar surface area (TPSA) is 66.8 Å². The molecule has 6 nitrogen and oxygen atoms in total. The largest absolute Gasteiger partial charge is 0.364 e. The van der Waals surface area contributed by atoms with Crippen LogP contribution in [0.4, 0.5) is 20.3 Å². The van der Waals surface area contributed by atoms with Crippen molar-refractivity contribution < 1.29 is 8.78 Å². The number of nitrogens with one attached hydrogen (secondary N) is 1. The van der Waals surface area contributed by atoms with E-state index in [2.05, 4.69) is 25.3 Å². The van der Waals surface area contributed by atoms with Gasteiger partial charge in [-0.3, -0.25) is 15.0 Å². The van der Waals surface area contributed by atoms with E-state index >= 15 is 4.39 Å². The van der Waals surface area contributed by atoms with Gasteiger partial charge >= 0.3 is 0 Å². The number of aryl methyl sites for hydroxylation is 1. The van der Waals surface area contributed by atoms with Crippen LogP contribution in [-0.2, 0) is 19.5 Å². The Hall–Kier alpha value is -3.94.